The molecule has 0 spiro atoms. The average molecular weight is 473 g/mol. The zero-order chi connectivity index (χ0) is 24.9. The van der Waals surface area contributed by atoms with Crippen molar-refractivity contribution in [2.45, 2.75) is 18.6 Å². The van der Waals surface area contributed by atoms with Gasteiger partial charge in [0.2, 0.25) is 5.78 Å². The van der Waals surface area contributed by atoms with Gasteiger partial charge in [-0.25, -0.2) is 0 Å². The second-order valence-corrected chi connectivity index (χ2v) is 7.18. The minimum absolute atomic E-state index is 0.00686. The van der Waals surface area contributed by atoms with E-state index in [1.807, 2.05) is 0 Å². The lowest BCUT2D eigenvalue weighted by atomic mass is 9.95. The zero-order valence-electron chi connectivity index (χ0n) is 18.2. The van der Waals surface area contributed by atoms with Gasteiger partial charge in [0, 0.05) is 12.1 Å². The van der Waals surface area contributed by atoms with Crippen LogP contribution < -0.4 is 14.2 Å². The van der Waals surface area contributed by atoms with Crippen molar-refractivity contribution < 1.29 is 37.8 Å². The van der Waals surface area contributed by atoms with Gasteiger partial charge in [-0.05, 0) is 29.3 Å². The van der Waals surface area contributed by atoms with E-state index in [9.17, 15) is 20.0 Å². The van der Waals surface area contributed by atoms with Gasteiger partial charge in [-0.3, -0.25) is 14.9 Å². The van der Waals surface area contributed by atoms with Crippen LogP contribution >= 0.6 is 0 Å². The minimum atomic E-state index is -4.33. The summed E-state index contributed by atoms with van der Waals surface area (Å²) in [7, 11) is 2.55. The van der Waals surface area contributed by atoms with Crippen molar-refractivity contribution in [3.05, 3.63) is 93.5 Å². The van der Waals surface area contributed by atoms with Crippen LogP contribution in [0.15, 0.2) is 66.7 Å². The number of nitro benzene ring substituents is 1. The van der Waals surface area contributed by atoms with Crippen molar-refractivity contribution in [2.24, 2.45) is 0 Å². The molecule has 0 aliphatic heterocycles. The van der Waals surface area contributed by atoms with E-state index in [0.29, 0.717) is 0 Å². The Bertz CT molecular complexity index is 1190. The van der Waals surface area contributed by atoms with Gasteiger partial charge in [-0.2, -0.15) is 8.78 Å². The normalized spacial score (nSPS) is 12.0. The van der Waals surface area contributed by atoms with Crippen molar-refractivity contribution in [3.63, 3.8) is 0 Å². The number of benzene rings is 3. The van der Waals surface area contributed by atoms with Crippen LogP contribution in [0.1, 0.15) is 27.6 Å². The number of carbonyl (C=O) groups is 1. The molecule has 0 amide bonds. The summed E-state index contributed by atoms with van der Waals surface area (Å²) < 4.78 is 45.8. The van der Waals surface area contributed by atoms with Crippen molar-refractivity contribution in [3.8, 4) is 17.2 Å². The number of nitro groups is 1. The topological polar surface area (TPSA) is 108 Å². The monoisotopic (exact) mass is 473 g/mol. The van der Waals surface area contributed by atoms with Crippen molar-refractivity contribution >= 4 is 11.5 Å². The number of aliphatic hydroxyl groups excluding tert-OH is 1. The number of Topliss-reactive ketones (excluding diaryl/α,β-unsaturated/α-hetero) is 1. The first-order chi connectivity index (χ1) is 16.2. The molecule has 10 heteroatoms. The van der Waals surface area contributed by atoms with E-state index < -0.39 is 39.5 Å². The molecule has 1 N–H and O–H groups in total. The van der Waals surface area contributed by atoms with Gasteiger partial charge in [-0.15, -0.1) is 0 Å². The molecular formula is C24H21F2NO7. The van der Waals surface area contributed by atoms with Crippen LogP contribution in [0.4, 0.5) is 14.5 Å². The molecule has 0 bridgehead atoms. The summed E-state index contributed by atoms with van der Waals surface area (Å²) in [5.41, 5.74) is -0.894. The summed E-state index contributed by atoms with van der Waals surface area (Å²) in [6.45, 7) is -0.00686. The Balaban J connectivity index is 1.94. The summed E-state index contributed by atoms with van der Waals surface area (Å²) in [5.74, 6) is -6.12. The zero-order valence-corrected chi connectivity index (χ0v) is 18.2. The Morgan fingerprint density at radius 3 is 2.35 bits per heavy atom. The molecule has 1 atom stereocenters. The molecule has 0 fully saturated rings. The van der Waals surface area contributed by atoms with Crippen LogP contribution in [0.3, 0.4) is 0 Å². The first-order valence-corrected chi connectivity index (χ1v) is 9.96. The molecule has 0 saturated heterocycles. The number of hydrogen-bond donors (Lipinski definition) is 1. The molecule has 0 aromatic heterocycles. The maximum atomic E-state index is 15.1. The summed E-state index contributed by atoms with van der Waals surface area (Å²) in [6, 6.07) is 15.4. The van der Waals surface area contributed by atoms with Gasteiger partial charge in [0.25, 0.3) is 0 Å². The minimum Gasteiger partial charge on any atom is -0.497 e. The van der Waals surface area contributed by atoms with Crippen molar-refractivity contribution in [1.82, 2.24) is 0 Å². The highest BCUT2D eigenvalue weighted by Crippen LogP contribution is 2.40. The second-order valence-electron chi connectivity index (χ2n) is 7.18. The lowest BCUT2D eigenvalue weighted by molar-refractivity contribution is -0.385. The van der Waals surface area contributed by atoms with Gasteiger partial charge in [0.1, 0.15) is 18.1 Å². The Morgan fingerprint density at radius 2 is 1.74 bits per heavy atom. The number of rotatable bonds is 10. The summed E-state index contributed by atoms with van der Waals surface area (Å²) in [4.78, 5) is 23.2. The molecule has 0 heterocycles. The number of halogens is 2. The fraction of sp³-hybridized carbons (Fsp3) is 0.208. The lowest BCUT2D eigenvalue weighted by Crippen LogP contribution is -2.36. The molecule has 3 aromatic carbocycles. The van der Waals surface area contributed by atoms with Gasteiger partial charge < -0.3 is 19.3 Å². The van der Waals surface area contributed by atoms with E-state index in [2.05, 4.69) is 0 Å². The van der Waals surface area contributed by atoms with E-state index >= 15 is 8.78 Å². The quantitative estimate of drug-likeness (QED) is 0.257. The Kier molecular flexibility index (Phi) is 7.42. The standard InChI is InChI=1S/C24H21F2NO7/c1-32-17-9-10-18(21(13-17)34-14-15-6-4-3-5-7-15)23(29)24(25,26)22(28)16-8-11-20(33-2)19(12-16)27(30)31/h3-13,22,28H,14H2,1-2H3. The third kappa shape index (κ3) is 5.12. The highest BCUT2D eigenvalue weighted by molar-refractivity contribution is 6.04. The molecule has 178 valence electrons. The van der Waals surface area contributed by atoms with Crippen molar-refractivity contribution in [1.29, 1.82) is 0 Å². The number of carbonyl (C=O) groups excluding carboxylic acids is 1. The molecule has 0 aliphatic rings. The predicted octanol–water partition coefficient (Wildman–Crippen LogP) is 4.74. The number of nitrogens with zero attached hydrogens (tertiary/aromatic N) is 1. The molecule has 8 nitrogen and oxygen atoms in total. The number of alkyl halides is 2. The SMILES string of the molecule is COc1ccc(C(=O)C(F)(F)C(O)c2ccc(OC)c([N+](=O)[O-])c2)c(OCc2ccccc2)c1. The van der Waals surface area contributed by atoms with E-state index in [1.165, 1.54) is 26.4 Å². The van der Waals surface area contributed by atoms with Gasteiger partial charge >= 0.3 is 11.6 Å². The number of ether oxygens (including phenoxy) is 3. The molecule has 0 saturated carbocycles. The maximum absolute atomic E-state index is 15.1. The Morgan fingerprint density at radius 1 is 1.03 bits per heavy atom. The average Bonchev–Trinajstić information content (AvgIpc) is 2.86. The third-order valence-electron chi connectivity index (χ3n) is 5.03. The lowest BCUT2D eigenvalue weighted by Gasteiger charge is -2.23. The largest absolute Gasteiger partial charge is 0.497 e. The molecule has 1 unspecified atom stereocenters. The van der Waals surface area contributed by atoms with Crippen LogP contribution in [0, 0.1) is 10.1 Å². The molecule has 3 aromatic rings. The first-order valence-electron chi connectivity index (χ1n) is 9.96. The van der Waals surface area contributed by atoms with Crippen LogP contribution in [0.2, 0.25) is 0 Å². The Labute approximate surface area is 193 Å². The summed E-state index contributed by atoms with van der Waals surface area (Å²) in [5, 5.41) is 21.6. The molecule has 3 rings (SSSR count). The fourth-order valence-electron chi connectivity index (χ4n) is 3.20. The van der Waals surface area contributed by atoms with E-state index in [-0.39, 0.29) is 23.9 Å². The van der Waals surface area contributed by atoms with Gasteiger partial charge in [0.15, 0.2) is 11.9 Å². The van der Waals surface area contributed by atoms with Crippen LogP contribution in [0.25, 0.3) is 0 Å². The second kappa shape index (κ2) is 10.3. The molecule has 0 radical (unpaired) electrons. The maximum Gasteiger partial charge on any atom is 0.339 e. The summed E-state index contributed by atoms with van der Waals surface area (Å²) in [6.07, 6.45) is -2.66. The van der Waals surface area contributed by atoms with Crippen LogP contribution in [-0.2, 0) is 6.61 Å². The highest BCUT2D eigenvalue weighted by Gasteiger charge is 2.49. The number of methoxy groups -OCH3 is 2. The number of hydrogen-bond acceptors (Lipinski definition) is 7. The smallest absolute Gasteiger partial charge is 0.339 e. The van der Waals surface area contributed by atoms with E-state index in [1.54, 1.807) is 30.3 Å². The first kappa shape index (κ1) is 24.6. The predicted molar refractivity (Wildman–Crippen MR) is 118 cm³/mol. The van der Waals surface area contributed by atoms with E-state index in [0.717, 1.165) is 29.8 Å². The van der Waals surface area contributed by atoms with Crippen LogP contribution in [0.5, 0.6) is 17.2 Å². The summed E-state index contributed by atoms with van der Waals surface area (Å²) >= 11 is 0. The van der Waals surface area contributed by atoms with Crippen LogP contribution in [-0.4, -0.2) is 36.0 Å². The Hall–Kier alpha value is -4.05. The number of ketones is 1. The fourth-order valence-corrected chi connectivity index (χ4v) is 3.20. The molecule has 34 heavy (non-hydrogen) atoms. The van der Waals surface area contributed by atoms with Gasteiger partial charge in [0.05, 0.1) is 24.7 Å². The highest BCUT2D eigenvalue weighted by atomic mass is 19.3. The van der Waals surface area contributed by atoms with Crippen molar-refractivity contribution in [2.75, 3.05) is 14.2 Å². The van der Waals surface area contributed by atoms with E-state index in [4.69, 9.17) is 14.2 Å². The molecule has 0 aliphatic carbocycles. The molecular weight excluding hydrogens is 452 g/mol. The number of aliphatic hydroxyl groups is 1. The van der Waals surface area contributed by atoms with Gasteiger partial charge in [-0.1, -0.05) is 36.4 Å². The third-order valence-corrected chi connectivity index (χ3v) is 5.03.